The molecule has 0 bridgehead atoms. The number of amides is 1. The lowest BCUT2D eigenvalue weighted by molar-refractivity contribution is -0.136. The zero-order valence-corrected chi connectivity index (χ0v) is 20.0. The number of nitrogens with two attached hydrogens (primary N) is 1. The molecule has 0 unspecified atom stereocenters. The van der Waals surface area contributed by atoms with E-state index in [0.717, 1.165) is 24.9 Å². The fourth-order valence-corrected chi connectivity index (χ4v) is 4.95. The summed E-state index contributed by atoms with van der Waals surface area (Å²) in [6.07, 6.45) is 2.02. The Morgan fingerprint density at radius 3 is 2.24 bits per heavy atom. The van der Waals surface area contributed by atoms with Crippen LogP contribution in [0.5, 0.6) is 0 Å². The molecular weight excluding hydrogens is 453 g/mol. The molecule has 0 spiro atoms. The molecule has 3 N–H and O–H groups in total. The van der Waals surface area contributed by atoms with Crippen molar-refractivity contribution >= 4 is 29.1 Å². The Morgan fingerprint density at radius 2 is 1.61 bits per heavy atom. The summed E-state index contributed by atoms with van der Waals surface area (Å²) in [7, 11) is 0. The molecule has 3 aromatic carbocycles. The summed E-state index contributed by atoms with van der Waals surface area (Å²) in [4.78, 5) is 15.6. The fourth-order valence-electron chi connectivity index (χ4n) is 4.46. The van der Waals surface area contributed by atoms with Crippen molar-refractivity contribution in [1.82, 2.24) is 10.2 Å². The molecule has 1 heterocycles. The van der Waals surface area contributed by atoms with Crippen LogP contribution in [0.25, 0.3) is 0 Å². The van der Waals surface area contributed by atoms with E-state index in [2.05, 4.69) is 29.6 Å². The van der Waals surface area contributed by atoms with Gasteiger partial charge in [0.1, 0.15) is 0 Å². The van der Waals surface area contributed by atoms with Crippen LogP contribution in [0.4, 0.5) is 0 Å². The van der Waals surface area contributed by atoms with E-state index in [1.807, 2.05) is 47.4 Å². The zero-order chi connectivity index (χ0) is 23.2. The highest BCUT2D eigenvalue weighted by Crippen LogP contribution is 2.23. The number of nitrogens with one attached hydrogen (secondary N) is 1. The summed E-state index contributed by atoms with van der Waals surface area (Å²) < 4.78 is 0. The molecule has 1 amide bonds. The summed E-state index contributed by atoms with van der Waals surface area (Å²) in [5, 5.41) is 4.76. The quantitative estimate of drug-likeness (QED) is 0.521. The maximum atomic E-state index is 13.6. The average molecular weight is 482 g/mol. The van der Waals surface area contributed by atoms with Crippen molar-refractivity contribution in [3.8, 4) is 0 Å². The molecule has 0 aromatic heterocycles. The van der Waals surface area contributed by atoms with Crippen LogP contribution in [0.3, 0.4) is 0 Å². The van der Waals surface area contributed by atoms with Crippen LogP contribution < -0.4 is 11.1 Å². The van der Waals surface area contributed by atoms with Gasteiger partial charge in [-0.1, -0.05) is 89.9 Å². The van der Waals surface area contributed by atoms with Crippen molar-refractivity contribution in [2.75, 3.05) is 13.1 Å². The molecule has 3 atom stereocenters. The molecule has 4 nitrogen and oxygen atoms in total. The van der Waals surface area contributed by atoms with Gasteiger partial charge >= 0.3 is 0 Å². The molecule has 172 valence electrons. The van der Waals surface area contributed by atoms with Gasteiger partial charge in [0.05, 0.1) is 6.04 Å². The summed E-state index contributed by atoms with van der Waals surface area (Å²) in [6, 6.07) is 25.5. The maximum Gasteiger partial charge on any atom is 0.240 e. The van der Waals surface area contributed by atoms with Crippen LogP contribution in [0.15, 0.2) is 78.9 Å². The summed E-state index contributed by atoms with van der Waals surface area (Å²) in [5.74, 6) is -0.0403. The molecule has 33 heavy (non-hydrogen) atoms. The zero-order valence-electron chi connectivity index (χ0n) is 18.5. The minimum atomic E-state index is -0.669. The predicted molar refractivity (Wildman–Crippen MR) is 136 cm³/mol. The van der Waals surface area contributed by atoms with E-state index in [9.17, 15) is 4.79 Å². The van der Waals surface area contributed by atoms with Gasteiger partial charge in [0.25, 0.3) is 0 Å². The fraction of sp³-hybridized carbons (Fsp3) is 0.296. The minimum absolute atomic E-state index is 0.0403. The highest BCUT2D eigenvalue weighted by Gasteiger charge is 2.34. The van der Waals surface area contributed by atoms with E-state index in [1.54, 1.807) is 12.1 Å². The number of carbonyl (C=O) groups excluding carboxylic acids is 1. The normalized spacial score (nSPS) is 19.3. The average Bonchev–Trinajstić information content (AvgIpc) is 2.82. The van der Waals surface area contributed by atoms with Gasteiger partial charge in [-0.25, -0.2) is 0 Å². The number of hydrogen-bond donors (Lipinski definition) is 2. The number of halogens is 2. The topological polar surface area (TPSA) is 58.4 Å². The predicted octanol–water partition coefficient (Wildman–Crippen LogP) is 4.52. The number of hydrogen-bond acceptors (Lipinski definition) is 3. The Kier molecular flexibility index (Phi) is 8.05. The van der Waals surface area contributed by atoms with E-state index in [0.29, 0.717) is 23.0 Å². The maximum absolute atomic E-state index is 13.6. The number of piperazine rings is 1. The third-order valence-corrected chi connectivity index (χ3v) is 6.78. The highest BCUT2D eigenvalue weighted by atomic mass is 35.5. The van der Waals surface area contributed by atoms with Gasteiger partial charge in [-0.05, 0) is 48.1 Å². The third kappa shape index (κ3) is 6.36. The molecule has 0 aliphatic carbocycles. The summed E-state index contributed by atoms with van der Waals surface area (Å²) in [5.41, 5.74) is 9.73. The van der Waals surface area contributed by atoms with E-state index in [-0.39, 0.29) is 18.0 Å². The van der Waals surface area contributed by atoms with Crippen LogP contribution in [0.1, 0.15) is 16.7 Å². The molecule has 1 aliphatic rings. The highest BCUT2D eigenvalue weighted by molar-refractivity contribution is 6.35. The van der Waals surface area contributed by atoms with Gasteiger partial charge in [-0.3, -0.25) is 4.79 Å². The standard InChI is InChI=1S/C27H29Cl2N3O/c28-22-12-11-21(25(29)16-22)15-26(30)27(33)32-18-23(13-19-7-3-1-4-8-19)31-17-24(32)14-20-9-5-2-6-10-20/h1-12,16,23-24,26,31H,13-15,17-18,30H2/t23-,24+,26+/m0/s1. The lowest BCUT2D eigenvalue weighted by Crippen LogP contribution is -2.62. The van der Waals surface area contributed by atoms with Crippen LogP contribution in [0, 0.1) is 0 Å². The van der Waals surface area contributed by atoms with Crippen molar-refractivity contribution in [2.24, 2.45) is 5.73 Å². The lowest BCUT2D eigenvalue weighted by atomic mass is 9.96. The second kappa shape index (κ2) is 11.2. The Hall–Kier alpha value is -2.37. The molecule has 3 aromatic rings. The molecular formula is C27H29Cl2N3O. The molecule has 6 heteroatoms. The van der Waals surface area contributed by atoms with Crippen LogP contribution in [0.2, 0.25) is 10.0 Å². The summed E-state index contributed by atoms with van der Waals surface area (Å²) >= 11 is 12.4. The Morgan fingerprint density at radius 1 is 0.970 bits per heavy atom. The molecule has 0 radical (unpaired) electrons. The van der Waals surface area contributed by atoms with Gasteiger partial charge in [-0.2, -0.15) is 0 Å². The van der Waals surface area contributed by atoms with Crippen LogP contribution >= 0.6 is 23.2 Å². The first-order valence-electron chi connectivity index (χ1n) is 11.3. The third-order valence-electron chi connectivity index (χ3n) is 6.19. The van der Waals surface area contributed by atoms with E-state index in [4.69, 9.17) is 28.9 Å². The van der Waals surface area contributed by atoms with Gasteiger partial charge in [-0.15, -0.1) is 0 Å². The molecule has 0 saturated carbocycles. The van der Waals surface area contributed by atoms with Crippen molar-refractivity contribution < 1.29 is 4.79 Å². The first-order chi connectivity index (χ1) is 16.0. The Balaban J connectivity index is 1.50. The van der Waals surface area contributed by atoms with Crippen molar-refractivity contribution in [3.05, 3.63) is 106 Å². The molecule has 1 saturated heterocycles. The number of carbonyl (C=O) groups is 1. The minimum Gasteiger partial charge on any atom is -0.335 e. The van der Waals surface area contributed by atoms with Gasteiger partial charge in [0.2, 0.25) is 5.91 Å². The second-order valence-electron chi connectivity index (χ2n) is 8.68. The number of rotatable bonds is 7. The largest absolute Gasteiger partial charge is 0.335 e. The van der Waals surface area contributed by atoms with Crippen molar-refractivity contribution in [1.29, 1.82) is 0 Å². The molecule has 1 fully saturated rings. The second-order valence-corrected chi connectivity index (χ2v) is 9.52. The van der Waals surface area contributed by atoms with Gasteiger partial charge < -0.3 is 16.0 Å². The molecule has 4 rings (SSSR count). The van der Waals surface area contributed by atoms with Crippen molar-refractivity contribution in [2.45, 2.75) is 37.4 Å². The van der Waals surface area contributed by atoms with Crippen LogP contribution in [-0.4, -0.2) is 42.0 Å². The lowest BCUT2D eigenvalue weighted by Gasteiger charge is -2.42. The van der Waals surface area contributed by atoms with Crippen molar-refractivity contribution in [3.63, 3.8) is 0 Å². The monoisotopic (exact) mass is 481 g/mol. The number of benzene rings is 3. The van der Waals surface area contributed by atoms with Gasteiger partial charge in [0, 0.05) is 35.2 Å². The smallest absolute Gasteiger partial charge is 0.240 e. The first kappa shape index (κ1) is 23.8. The SMILES string of the molecule is N[C@H](Cc1ccc(Cl)cc1Cl)C(=O)N1C[C@H](Cc2ccccc2)NC[C@H]1Cc1ccccc1. The number of nitrogens with zero attached hydrogens (tertiary/aromatic N) is 1. The Bertz CT molecular complexity index is 1060. The first-order valence-corrected chi connectivity index (χ1v) is 12.1. The van der Waals surface area contributed by atoms with E-state index < -0.39 is 6.04 Å². The Labute approximate surface area is 205 Å². The molecule has 1 aliphatic heterocycles. The van der Waals surface area contributed by atoms with E-state index >= 15 is 0 Å². The van der Waals surface area contributed by atoms with Crippen LogP contribution in [-0.2, 0) is 24.1 Å². The summed E-state index contributed by atoms with van der Waals surface area (Å²) in [6.45, 7) is 1.35. The van der Waals surface area contributed by atoms with Gasteiger partial charge in [0.15, 0.2) is 0 Å². The van der Waals surface area contributed by atoms with E-state index in [1.165, 1.54) is 11.1 Å².